The van der Waals surface area contributed by atoms with Gasteiger partial charge in [-0.25, -0.2) is 0 Å². The Morgan fingerprint density at radius 3 is 2.30 bits per heavy atom. The smallest absolute Gasteiger partial charge is 0.289 e. The van der Waals surface area contributed by atoms with E-state index in [2.05, 4.69) is 5.32 Å². The average molecular weight is 411 g/mol. The molecule has 3 amide bonds. The number of benzene rings is 2. The topological polar surface area (TPSA) is 66.5 Å². The number of hydrogen-bond acceptors (Lipinski definition) is 4. The van der Waals surface area contributed by atoms with E-state index in [0.29, 0.717) is 5.69 Å². The van der Waals surface area contributed by atoms with Crippen LogP contribution in [0.2, 0.25) is 5.02 Å². The molecular weight excluding hydrogens is 398 g/mol. The van der Waals surface area contributed by atoms with Crippen molar-refractivity contribution >= 4 is 52.5 Å². The Kier molecular flexibility index (Phi) is 5.76. The van der Waals surface area contributed by atoms with Crippen LogP contribution in [0, 0.1) is 0 Å². The Morgan fingerprint density at radius 2 is 1.70 bits per heavy atom. The molecule has 0 aliphatic carbocycles. The summed E-state index contributed by atoms with van der Waals surface area (Å²) in [5, 5.41) is 2.67. The Labute approximate surface area is 162 Å². The van der Waals surface area contributed by atoms with E-state index in [4.69, 9.17) is 11.6 Å². The van der Waals surface area contributed by atoms with Gasteiger partial charge < -0.3 is 5.32 Å². The third-order valence-corrected chi connectivity index (χ3v) is 5.14. The van der Waals surface area contributed by atoms with Crippen LogP contribution in [-0.4, -0.2) is 23.5 Å². The first kappa shape index (κ1) is 19.3. The van der Waals surface area contributed by atoms with Crippen molar-refractivity contribution in [2.75, 3.05) is 10.2 Å². The zero-order chi connectivity index (χ0) is 19.6. The van der Waals surface area contributed by atoms with Gasteiger partial charge in [0.15, 0.2) is 0 Å². The first-order valence-electron chi connectivity index (χ1n) is 7.87. The molecule has 2 aromatic carbocycles. The van der Waals surface area contributed by atoms with Crippen LogP contribution in [0.5, 0.6) is 0 Å². The predicted molar refractivity (Wildman–Crippen MR) is 99.4 cm³/mol. The van der Waals surface area contributed by atoms with Crippen LogP contribution >= 0.6 is 23.4 Å². The molecule has 1 aliphatic heterocycles. The summed E-state index contributed by atoms with van der Waals surface area (Å²) in [7, 11) is 0. The molecule has 1 aliphatic rings. The van der Waals surface area contributed by atoms with Crippen molar-refractivity contribution in [3.05, 3.63) is 53.1 Å². The standard InChI is InChI=1S/C18H13ClF2N2O3S/c19-12-2-1-3-13(16(12)27-18(20)21)22-17(26)10-4-6-11(7-5-10)23-14(24)8-9-15(23)25/h1-7,18H,8-9H2,(H,22,26). The maximum absolute atomic E-state index is 12.7. The van der Waals surface area contributed by atoms with E-state index in [1.807, 2.05) is 0 Å². The van der Waals surface area contributed by atoms with Gasteiger partial charge in [0.1, 0.15) is 0 Å². The van der Waals surface area contributed by atoms with Gasteiger partial charge in [-0.3, -0.25) is 19.3 Å². The minimum absolute atomic E-state index is 0.0763. The summed E-state index contributed by atoms with van der Waals surface area (Å²) in [6.45, 7) is 0. The fourth-order valence-corrected chi connectivity index (χ4v) is 3.55. The molecule has 0 aromatic heterocycles. The predicted octanol–water partition coefficient (Wildman–Crippen LogP) is 4.56. The summed E-state index contributed by atoms with van der Waals surface area (Å²) < 4.78 is 25.5. The minimum Gasteiger partial charge on any atom is -0.321 e. The van der Waals surface area contributed by atoms with Crippen LogP contribution < -0.4 is 10.2 Å². The fourth-order valence-electron chi connectivity index (χ4n) is 2.64. The summed E-state index contributed by atoms with van der Waals surface area (Å²) in [6, 6.07) is 10.4. The van der Waals surface area contributed by atoms with E-state index in [1.165, 1.54) is 36.4 Å². The number of alkyl halides is 2. The molecule has 27 heavy (non-hydrogen) atoms. The van der Waals surface area contributed by atoms with E-state index in [-0.39, 0.29) is 57.6 Å². The quantitative estimate of drug-likeness (QED) is 0.579. The third-order valence-electron chi connectivity index (χ3n) is 3.86. The largest absolute Gasteiger partial charge is 0.321 e. The molecule has 140 valence electrons. The molecule has 3 rings (SSSR count). The lowest BCUT2D eigenvalue weighted by Crippen LogP contribution is -2.28. The number of carbonyl (C=O) groups excluding carboxylic acids is 3. The van der Waals surface area contributed by atoms with Gasteiger partial charge >= 0.3 is 0 Å². The van der Waals surface area contributed by atoms with E-state index in [1.54, 1.807) is 6.07 Å². The highest BCUT2D eigenvalue weighted by molar-refractivity contribution is 7.99. The maximum atomic E-state index is 12.7. The van der Waals surface area contributed by atoms with Crippen molar-refractivity contribution in [3.8, 4) is 0 Å². The lowest BCUT2D eigenvalue weighted by Gasteiger charge is -2.15. The number of imide groups is 1. The SMILES string of the molecule is O=C(Nc1cccc(Cl)c1SC(F)F)c1ccc(N2C(=O)CCC2=O)cc1. The van der Waals surface area contributed by atoms with Crippen LogP contribution in [0.4, 0.5) is 20.2 Å². The van der Waals surface area contributed by atoms with Crippen LogP contribution in [0.15, 0.2) is 47.4 Å². The monoisotopic (exact) mass is 410 g/mol. The first-order chi connectivity index (χ1) is 12.9. The molecule has 1 fully saturated rings. The third kappa shape index (κ3) is 4.28. The Hall–Kier alpha value is -2.45. The summed E-state index contributed by atoms with van der Waals surface area (Å²) in [6.07, 6.45) is 0.334. The number of nitrogens with zero attached hydrogens (tertiary/aromatic N) is 1. The van der Waals surface area contributed by atoms with Gasteiger partial charge in [-0.05, 0) is 36.4 Å². The number of rotatable bonds is 5. The minimum atomic E-state index is -2.68. The van der Waals surface area contributed by atoms with Crippen molar-refractivity contribution in [2.45, 2.75) is 23.5 Å². The molecule has 0 bridgehead atoms. The second-order valence-corrected chi connectivity index (χ2v) is 7.03. The van der Waals surface area contributed by atoms with Gasteiger partial charge in [0.05, 0.1) is 21.3 Å². The van der Waals surface area contributed by atoms with Gasteiger partial charge in [0, 0.05) is 18.4 Å². The second kappa shape index (κ2) is 8.06. The second-order valence-electron chi connectivity index (χ2n) is 5.62. The van der Waals surface area contributed by atoms with E-state index < -0.39 is 11.7 Å². The Morgan fingerprint density at radius 1 is 1.07 bits per heavy atom. The molecule has 2 aromatic rings. The van der Waals surface area contributed by atoms with Crippen LogP contribution in [0.3, 0.4) is 0 Å². The van der Waals surface area contributed by atoms with Gasteiger partial charge in [0.25, 0.3) is 11.7 Å². The molecule has 9 heteroatoms. The summed E-state index contributed by atoms with van der Waals surface area (Å²) >= 11 is 6.20. The maximum Gasteiger partial charge on any atom is 0.289 e. The van der Waals surface area contributed by atoms with E-state index in [9.17, 15) is 23.2 Å². The normalized spacial score (nSPS) is 14.1. The molecule has 0 radical (unpaired) electrons. The van der Waals surface area contributed by atoms with Crippen molar-refractivity contribution in [1.82, 2.24) is 0 Å². The number of halogens is 3. The number of thioether (sulfide) groups is 1. The molecule has 0 atom stereocenters. The van der Waals surface area contributed by atoms with Gasteiger partial charge in [0.2, 0.25) is 11.8 Å². The van der Waals surface area contributed by atoms with Crippen molar-refractivity contribution in [2.24, 2.45) is 0 Å². The van der Waals surface area contributed by atoms with Gasteiger partial charge in [-0.1, -0.05) is 29.4 Å². The van der Waals surface area contributed by atoms with Crippen molar-refractivity contribution < 1.29 is 23.2 Å². The molecule has 0 spiro atoms. The van der Waals surface area contributed by atoms with Gasteiger partial charge in [-0.2, -0.15) is 8.78 Å². The Balaban J connectivity index is 1.79. The first-order valence-corrected chi connectivity index (χ1v) is 9.13. The molecule has 5 nitrogen and oxygen atoms in total. The van der Waals surface area contributed by atoms with Crippen LogP contribution in [-0.2, 0) is 9.59 Å². The van der Waals surface area contributed by atoms with E-state index in [0.717, 1.165) is 4.90 Å². The number of nitrogens with one attached hydrogen (secondary N) is 1. The van der Waals surface area contributed by atoms with Crippen LogP contribution in [0.25, 0.3) is 0 Å². The van der Waals surface area contributed by atoms with Crippen molar-refractivity contribution in [3.63, 3.8) is 0 Å². The van der Waals surface area contributed by atoms with Gasteiger partial charge in [-0.15, -0.1) is 0 Å². The molecule has 1 heterocycles. The molecule has 1 N–H and O–H groups in total. The highest BCUT2D eigenvalue weighted by atomic mass is 35.5. The zero-order valence-electron chi connectivity index (χ0n) is 13.7. The molecule has 1 saturated heterocycles. The number of anilines is 2. The number of hydrogen-bond donors (Lipinski definition) is 1. The molecule has 0 unspecified atom stereocenters. The molecular formula is C18H13ClF2N2O3S. The lowest BCUT2D eigenvalue weighted by atomic mass is 10.1. The summed E-state index contributed by atoms with van der Waals surface area (Å²) in [5.41, 5.74) is 0.799. The number of carbonyl (C=O) groups is 3. The molecule has 0 saturated carbocycles. The van der Waals surface area contributed by atoms with Crippen LogP contribution in [0.1, 0.15) is 23.2 Å². The Bertz CT molecular complexity index is 890. The van der Waals surface area contributed by atoms with E-state index >= 15 is 0 Å². The average Bonchev–Trinajstić information content (AvgIpc) is 2.96. The zero-order valence-corrected chi connectivity index (χ0v) is 15.3. The number of amides is 3. The fraction of sp³-hybridized carbons (Fsp3) is 0.167. The lowest BCUT2D eigenvalue weighted by molar-refractivity contribution is -0.121. The summed E-state index contributed by atoms with van der Waals surface area (Å²) in [5.74, 6) is -3.79. The van der Waals surface area contributed by atoms with Crippen molar-refractivity contribution in [1.29, 1.82) is 0 Å². The summed E-state index contributed by atoms with van der Waals surface area (Å²) in [4.78, 5) is 37.1. The highest BCUT2D eigenvalue weighted by Crippen LogP contribution is 2.37. The highest BCUT2D eigenvalue weighted by Gasteiger charge is 2.30.